The van der Waals surface area contributed by atoms with Gasteiger partial charge in [-0.25, -0.2) is 0 Å². The molecule has 0 aromatic heterocycles. The van der Waals surface area contributed by atoms with E-state index >= 15 is 0 Å². The molecule has 0 unspecified atom stereocenters. The van der Waals surface area contributed by atoms with Gasteiger partial charge in [0.15, 0.2) is 0 Å². The molecule has 2 atom stereocenters. The summed E-state index contributed by atoms with van der Waals surface area (Å²) in [4.78, 5) is 0. The van der Waals surface area contributed by atoms with Crippen LogP contribution in [0.15, 0.2) is 0 Å². The van der Waals surface area contributed by atoms with E-state index in [4.69, 9.17) is 19.3 Å². The van der Waals surface area contributed by atoms with Gasteiger partial charge in [0, 0.05) is 20.2 Å². The highest BCUT2D eigenvalue weighted by Crippen LogP contribution is 2.08. The average Bonchev–Trinajstić information content (AvgIpc) is 2.59. The van der Waals surface area contributed by atoms with Crippen molar-refractivity contribution in [3.8, 4) is 0 Å². The Morgan fingerprint density at radius 1 is 1.31 bits per heavy atom. The van der Waals surface area contributed by atoms with Gasteiger partial charge >= 0.3 is 0 Å². The second-order valence-electron chi connectivity index (χ2n) is 2.90. The van der Waals surface area contributed by atoms with Crippen LogP contribution in [-0.2, 0) is 14.2 Å². The molecule has 2 N–H and O–H groups in total. The van der Waals surface area contributed by atoms with E-state index in [-0.39, 0.29) is 25.6 Å². The molecule has 5 heteroatoms. The molecule has 0 amide bonds. The lowest BCUT2D eigenvalue weighted by atomic mass is 10.2. The van der Waals surface area contributed by atoms with Crippen molar-refractivity contribution in [2.24, 2.45) is 0 Å². The molecule has 0 aromatic rings. The Bertz CT molecular complexity index is 119. The number of aliphatic hydroxyl groups is 1. The van der Waals surface area contributed by atoms with Gasteiger partial charge in [0.05, 0.1) is 19.3 Å². The Kier molecular flexibility index (Phi) is 5.26. The highest BCUT2D eigenvalue weighted by Gasteiger charge is 2.28. The molecular weight excluding hydrogens is 174 g/mol. The lowest BCUT2D eigenvalue weighted by molar-refractivity contribution is -0.112. The minimum atomic E-state index is 0.0299. The fraction of sp³-hybridized carbons (Fsp3) is 1.00. The van der Waals surface area contributed by atoms with Crippen molar-refractivity contribution >= 4 is 0 Å². The Labute approximate surface area is 78.0 Å². The summed E-state index contributed by atoms with van der Waals surface area (Å²) in [6.45, 7) is 2.24. The van der Waals surface area contributed by atoms with Crippen molar-refractivity contribution in [1.29, 1.82) is 0 Å². The first-order chi connectivity index (χ1) is 6.38. The van der Waals surface area contributed by atoms with Crippen molar-refractivity contribution in [3.63, 3.8) is 0 Å². The average molecular weight is 191 g/mol. The standard InChI is InChI=1S/C8H17NO4/c1-11-6-13-8-5-9-4-7(8)12-3-2-10/h7-10H,2-6H2,1H3/t7-,8-/m1/s1. The third kappa shape index (κ3) is 3.58. The summed E-state index contributed by atoms with van der Waals surface area (Å²) < 4.78 is 15.5. The molecule has 0 aliphatic carbocycles. The van der Waals surface area contributed by atoms with Crippen molar-refractivity contribution in [2.75, 3.05) is 40.2 Å². The Hall–Kier alpha value is -0.200. The Morgan fingerprint density at radius 3 is 2.62 bits per heavy atom. The molecule has 0 aromatic carbocycles. The van der Waals surface area contributed by atoms with Crippen LogP contribution in [0.1, 0.15) is 0 Å². The van der Waals surface area contributed by atoms with Gasteiger partial charge in [-0.2, -0.15) is 0 Å². The summed E-state index contributed by atoms with van der Waals surface area (Å²) in [7, 11) is 1.59. The van der Waals surface area contributed by atoms with E-state index < -0.39 is 0 Å². The van der Waals surface area contributed by atoms with Crippen LogP contribution in [-0.4, -0.2) is 57.5 Å². The van der Waals surface area contributed by atoms with E-state index in [9.17, 15) is 0 Å². The smallest absolute Gasteiger partial charge is 0.146 e. The lowest BCUT2D eigenvalue weighted by Gasteiger charge is -2.18. The lowest BCUT2D eigenvalue weighted by Crippen LogP contribution is -2.31. The molecule has 5 nitrogen and oxygen atoms in total. The maximum absolute atomic E-state index is 8.58. The fourth-order valence-electron chi connectivity index (χ4n) is 1.32. The Balaban J connectivity index is 2.18. The molecule has 1 aliphatic heterocycles. The van der Waals surface area contributed by atoms with E-state index in [0.717, 1.165) is 13.1 Å². The molecule has 1 fully saturated rings. The maximum Gasteiger partial charge on any atom is 0.146 e. The summed E-state index contributed by atoms with van der Waals surface area (Å²) in [6.07, 6.45) is 0.0637. The zero-order chi connectivity index (χ0) is 9.52. The third-order valence-corrected chi connectivity index (χ3v) is 1.93. The van der Waals surface area contributed by atoms with Gasteiger partial charge in [-0.1, -0.05) is 0 Å². The number of rotatable bonds is 6. The zero-order valence-electron chi connectivity index (χ0n) is 7.86. The van der Waals surface area contributed by atoms with Crippen LogP contribution in [0.5, 0.6) is 0 Å². The first-order valence-corrected chi connectivity index (χ1v) is 4.42. The highest BCUT2D eigenvalue weighted by molar-refractivity contribution is 4.82. The van der Waals surface area contributed by atoms with Gasteiger partial charge in [-0.3, -0.25) is 0 Å². The van der Waals surface area contributed by atoms with Crippen LogP contribution in [0.2, 0.25) is 0 Å². The van der Waals surface area contributed by atoms with Crippen LogP contribution in [0.25, 0.3) is 0 Å². The molecule has 1 rings (SSSR count). The Morgan fingerprint density at radius 2 is 2.00 bits per heavy atom. The predicted octanol–water partition coefficient (Wildman–Crippen LogP) is -1.04. The molecule has 78 valence electrons. The summed E-state index contributed by atoms with van der Waals surface area (Å²) in [6, 6.07) is 0. The largest absolute Gasteiger partial charge is 0.394 e. The topological polar surface area (TPSA) is 60.0 Å². The zero-order valence-corrected chi connectivity index (χ0v) is 7.86. The second-order valence-corrected chi connectivity index (χ2v) is 2.90. The number of hydrogen-bond acceptors (Lipinski definition) is 5. The van der Waals surface area contributed by atoms with Crippen molar-refractivity contribution < 1.29 is 19.3 Å². The van der Waals surface area contributed by atoms with Crippen LogP contribution in [0.4, 0.5) is 0 Å². The first-order valence-electron chi connectivity index (χ1n) is 4.42. The molecule has 0 bridgehead atoms. The number of ether oxygens (including phenoxy) is 3. The first kappa shape index (κ1) is 10.9. The molecule has 0 radical (unpaired) electrons. The molecular formula is C8H17NO4. The van der Waals surface area contributed by atoms with E-state index in [1.807, 2.05) is 0 Å². The molecule has 0 spiro atoms. The summed E-state index contributed by atoms with van der Waals surface area (Å²) in [5.41, 5.74) is 0. The monoisotopic (exact) mass is 191 g/mol. The number of aliphatic hydroxyl groups excluding tert-OH is 1. The molecule has 1 saturated heterocycles. The summed E-state index contributed by atoms with van der Waals surface area (Å²) in [5, 5.41) is 11.7. The summed E-state index contributed by atoms with van der Waals surface area (Å²) in [5.74, 6) is 0. The highest BCUT2D eigenvalue weighted by atomic mass is 16.7. The number of hydrogen-bond donors (Lipinski definition) is 2. The van der Waals surface area contributed by atoms with Crippen molar-refractivity contribution in [1.82, 2.24) is 5.32 Å². The van der Waals surface area contributed by atoms with Crippen molar-refractivity contribution in [3.05, 3.63) is 0 Å². The number of nitrogens with one attached hydrogen (secondary N) is 1. The molecule has 13 heavy (non-hydrogen) atoms. The van der Waals surface area contributed by atoms with E-state index in [1.165, 1.54) is 0 Å². The normalized spacial score (nSPS) is 28.2. The van der Waals surface area contributed by atoms with Crippen LogP contribution in [0, 0.1) is 0 Å². The number of methoxy groups -OCH3 is 1. The van der Waals surface area contributed by atoms with Gasteiger partial charge in [-0.15, -0.1) is 0 Å². The predicted molar refractivity (Wildman–Crippen MR) is 46.4 cm³/mol. The molecule has 1 aliphatic rings. The third-order valence-electron chi connectivity index (χ3n) is 1.93. The van der Waals surface area contributed by atoms with Crippen molar-refractivity contribution in [2.45, 2.75) is 12.2 Å². The van der Waals surface area contributed by atoms with Crippen LogP contribution in [0.3, 0.4) is 0 Å². The van der Waals surface area contributed by atoms with Crippen LogP contribution < -0.4 is 5.32 Å². The quantitative estimate of drug-likeness (QED) is 0.525. The van der Waals surface area contributed by atoms with E-state index in [2.05, 4.69) is 5.32 Å². The maximum atomic E-state index is 8.58. The van der Waals surface area contributed by atoms with Gasteiger partial charge in [0.1, 0.15) is 12.9 Å². The summed E-state index contributed by atoms with van der Waals surface area (Å²) >= 11 is 0. The van der Waals surface area contributed by atoms with Crippen LogP contribution >= 0.6 is 0 Å². The molecule has 1 heterocycles. The molecule has 0 saturated carbocycles. The minimum Gasteiger partial charge on any atom is -0.394 e. The van der Waals surface area contributed by atoms with E-state index in [1.54, 1.807) is 7.11 Å². The van der Waals surface area contributed by atoms with Gasteiger partial charge in [-0.05, 0) is 0 Å². The minimum absolute atomic E-state index is 0.0299. The van der Waals surface area contributed by atoms with Gasteiger partial charge < -0.3 is 24.6 Å². The second kappa shape index (κ2) is 6.28. The van der Waals surface area contributed by atoms with Gasteiger partial charge in [0.2, 0.25) is 0 Å². The van der Waals surface area contributed by atoms with Gasteiger partial charge in [0.25, 0.3) is 0 Å². The fourth-order valence-corrected chi connectivity index (χ4v) is 1.32. The van der Waals surface area contributed by atoms with E-state index in [0.29, 0.717) is 6.61 Å². The SMILES string of the molecule is COCO[C@@H]1CNC[C@H]1OCCO.